The Morgan fingerprint density at radius 2 is 2.16 bits per heavy atom. The minimum atomic E-state index is -0.564. The van der Waals surface area contributed by atoms with Crippen LogP contribution in [0.2, 0.25) is 0 Å². The van der Waals surface area contributed by atoms with Crippen molar-refractivity contribution in [1.29, 1.82) is 0 Å². The normalized spacial score (nSPS) is 17.3. The minimum absolute atomic E-state index is 0.0500. The summed E-state index contributed by atoms with van der Waals surface area (Å²) in [5.74, 6) is 0.239. The van der Waals surface area contributed by atoms with Crippen LogP contribution in [0.4, 0.5) is 22.0 Å². The molecule has 1 aromatic heterocycles. The number of nitrogens with zero attached hydrogens (tertiary/aromatic N) is 3. The number of pyridine rings is 1. The van der Waals surface area contributed by atoms with Crippen molar-refractivity contribution in [2.45, 2.75) is 45.8 Å². The number of hydrogen-bond acceptors (Lipinski definition) is 7. The first-order valence-corrected chi connectivity index (χ1v) is 8.19. The largest absolute Gasteiger partial charge is 0.444 e. The molecule has 9 heteroatoms. The minimum Gasteiger partial charge on any atom is -0.444 e. The number of carbonyl (C=O) groups is 1. The van der Waals surface area contributed by atoms with Crippen LogP contribution < -0.4 is 15.5 Å². The standard InChI is InChI=1S/C16H25N5O4/c1-10-8-12(13(21(23)24)14(17-5)18-10)20-7-6-11(9-20)19-15(22)25-16(2,3)4/h8,11H,6-7,9H2,1-5H3,(H,17,18)(H,19,22)/t11-/m1/s1. The number of aromatic nitrogens is 1. The zero-order valence-electron chi connectivity index (χ0n) is 15.3. The van der Waals surface area contributed by atoms with E-state index in [2.05, 4.69) is 15.6 Å². The molecule has 0 aliphatic carbocycles. The van der Waals surface area contributed by atoms with Gasteiger partial charge in [0.25, 0.3) is 0 Å². The first kappa shape index (κ1) is 18.8. The van der Waals surface area contributed by atoms with Gasteiger partial charge in [-0.25, -0.2) is 9.78 Å². The zero-order chi connectivity index (χ0) is 18.8. The molecule has 1 aromatic rings. The molecule has 2 heterocycles. The monoisotopic (exact) mass is 351 g/mol. The smallest absolute Gasteiger partial charge is 0.407 e. The maximum absolute atomic E-state index is 11.9. The summed E-state index contributed by atoms with van der Waals surface area (Å²) in [5.41, 5.74) is 0.584. The van der Waals surface area contributed by atoms with Crippen LogP contribution in [0.15, 0.2) is 6.07 Å². The van der Waals surface area contributed by atoms with E-state index in [1.807, 2.05) is 4.90 Å². The Morgan fingerprint density at radius 3 is 2.72 bits per heavy atom. The fourth-order valence-electron chi connectivity index (χ4n) is 2.82. The van der Waals surface area contributed by atoms with Gasteiger partial charge in [-0.15, -0.1) is 0 Å². The molecule has 25 heavy (non-hydrogen) atoms. The summed E-state index contributed by atoms with van der Waals surface area (Å²) in [7, 11) is 1.61. The van der Waals surface area contributed by atoms with Gasteiger partial charge in [-0.1, -0.05) is 0 Å². The van der Waals surface area contributed by atoms with Gasteiger partial charge < -0.3 is 20.3 Å². The molecule has 138 valence electrons. The third-order valence-corrected chi connectivity index (χ3v) is 3.77. The third-order valence-electron chi connectivity index (χ3n) is 3.77. The molecule has 0 bridgehead atoms. The molecule has 0 saturated carbocycles. The van der Waals surface area contributed by atoms with Crippen LogP contribution in [0.25, 0.3) is 0 Å². The number of alkyl carbamates (subject to hydrolysis) is 1. The topological polar surface area (TPSA) is 110 Å². The highest BCUT2D eigenvalue weighted by molar-refractivity contribution is 5.75. The van der Waals surface area contributed by atoms with Crippen LogP contribution in [0, 0.1) is 17.0 Å². The first-order chi connectivity index (χ1) is 11.6. The van der Waals surface area contributed by atoms with Crippen molar-refractivity contribution in [3.05, 3.63) is 21.9 Å². The van der Waals surface area contributed by atoms with Crippen molar-refractivity contribution < 1.29 is 14.5 Å². The average Bonchev–Trinajstić information content (AvgIpc) is 2.91. The van der Waals surface area contributed by atoms with Crippen molar-refractivity contribution in [2.75, 3.05) is 30.4 Å². The number of carbonyl (C=O) groups excluding carboxylic acids is 1. The Kier molecular flexibility index (Phi) is 5.34. The summed E-state index contributed by atoms with van der Waals surface area (Å²) in [5, 5.41) is 17.1. The van der Waals surface area contributed by atoms with Crippen LogP contribution in [0.1, 0.15) is 32.9 Å². The molecule has 2 N–H and O–H groups in total. The van der Waals surface area contributed by atoms with Gasteiger partial charge in [0.1, 0.15) is 11.3 Å². The second-order valence-electron chi connectivity index (χ2n) is 7.06. The van der Waals surface area contributed by atoms with E-state index in [1.54, 1.807) is 40.8 Å². The first-order valence-electron chi connectivity index (χ1n) is 8.19. The number of anilines is 2. The lowest BCUT2D eigenvalue weighted by Gasteiger charge is -2.22. The van der Waals surface area contributed by atoms with Crippen molar-refractivity contribution in [1.82, 2.24) is 10.3 Å². The van der Waals surface area contributed by atoms with Gasteiger partial charge in [-0.05, 0) is 40.2 Å². The Hall–Kier alpha value is -2.58. The van der Waals surface area contributed by atoms with E-state index in [9.17, 15) is 14.9 Å². The molecule has 1 amide bonds. The fourth-order valence-corrected chi connectivity index (χ4v) is 2.82. The summed E-state index contributed by atoms with van der Waals surface area (Å²) >= 11 is 0. The van der Waals surface area contributed by atoms with Gasteiger partial charge in [0, 0.05) is 25.8 Å². The number of rotatable bonds is 4. The second-order valence-corrected chi connectivity index (χ2v) is 7.06. The molecule has 0 spiro atoms. The summed E-state index contributed by atoms with van der Waals surface area (Å²) in [4.78, 5) is 29.1. The lowest BCUT2D eigenvalue weighted by molar-refractivity contribution is -0.383. The molecule has 2 rings (SSSR count). The summed E-state index contributed by atoms with van der Waals surface area (Å²) in [6, 6.07) is 1.58. The van der Waals surface area contributed by atoms with Crippen LogP contribution in [-0.4, -0.2) is 47.8 Å². The lowest BCUT2D eigenvalue weighted by Crippen LogP contribution is -2.40. The molecule has 9 nitrogen and oxygen atoms in total. The molecule has 1 fully saturated rings. The number of aryl methyl sites for hydroxylation is 1. The summed E-state index contributed by atoms with van der Waals surface area (Å²) in [6.07, 6.45) is 0.211. The average molecular weight is 351 g/mol. The third kappa shape index (κ3) is 4.71. The van der Waals surface area contributed by atoms with Gasteiger partial charge >= 0.3 is 11.8 Å². The maximum Gasteiger partial charge on any atom is 0.407 e. The van der Waals surface area contributed by atoms with Gasteiger partial charge in [-0.3, -0.25) is 10.1 Å². The SMILES string of the molecule is CNc1nc(C)cc(N2CC[C@@H](NC(=O)OC(C)(C)C)C2)c1[N+](=O)[O-]. The van der Waals surface area contributed by atoms with Crippen molar-refractivity contribution in [3.63, 3.8) is 0 Å². The predicted octanol–water partition coefficient (Wildman–Crippen LogP) is 2.44. The number of hydrogen-bond donors (Lipinski definition) is 2. The summed E-state index contributed by atoms with van der Waals surface area (Å²) in [6.45, 7) is 8.28. The van der Waals surface area contributed by atoms with Gasteiger partial charge in [0.15, 0.2) is 0 Å². The van der Waals surface area contributed by atoms with Crippen molar-refractivity contribution >= 4 is 23.3 Å². The van der Waals surface area contributed by atoms with Crippen LogP contribution >= 0.6 is 0 Å². The van der Waals surface area contributed by atoms with Crippen LogP contribution in [0.3, 0.4) is 0 Å². The molecule has 0 unspecified atom stereocenters. The lowest BCUT2D eigenvalue weighted by atomic mass is 10.2. The van der Waals surface area contributed by atoms with Gasteiger partial charge in [-0.2, -0.15) is 0 Å². The molecule has 1 atom stereocenters. The Morgan fingerprint density at radius 1 is 1.48 bits per heavy atom. The van der Waals surface area contributed by atoms with E-state index in [0.717, 1.165) is 0 Å². The Labute approximate surface area is 146 Å². The Balaban J connectivity index is 2.15. The van der Waals surface area contributed by atoms with E-state index < -0.39 is 16.6 Å². The number of nitro groups is 1. The maximum atomic E-state index is 11.9. The highest BCUT2D eigenvalue weighted by atomic mass is 16.6. The second kappa shape index (κ2) is 7.12. The molecule has 0 aromatic carbocycles. The van der Waals surface area contributed by atoms with Crippen LogP contribution in [0.5, 0.6) is 0 Å². The van der Waals surface area contributed by atoms with Crippen LogP contribution in [-0.2, 0) is 4.74 Å². The molecule has 0 radical (unpaired) electrons. The predicted molar refractivity (Wildman–Crippen MR) is 95.2 cm³/mol. The van der Waals surface area contributed by atoms with Gasteiger partial charge in [0.05, 0.1) is 11.0 Å². The fraction of sp³-hybridized carbons (Fsp3) is 0.625. The number of nitrogens with one attached hydrogen (secondary N) is 2. The molecular weight excluding hydrogens is 326 g/mol. The molecular formula is C16H25N5O4. The molecule has 1 aliphatic rings. The quantitative estimate of drug-likeness (QED) is 0.633. The zero-order valence-corrected chi connectivity index (χ0v) is 15.3. The Bertz CT molecular complexity index is 671. The van der Waals surface area contributed by atoms with E-state index in [4.69, 9.17) is 4.74 Å². The summed E-state index contributed by atoms with van der Waals surface area (Å²) < 4.78 is 5.26. The van der Waals surface area contributed by atoms with E-state index in [1.165, 1.54) is 0 Å². The highest BCUT2D eigenvalue weighted by Crippen LogP contribution is 2.36. The molecule has 1 saturated heterocycles. The van der Waals surface area contributed by atoms with Gasteiger partial charge in [0.2, 0.25) is 5.82 Å². The number of amides is 1. The van der Waals surface area contributed by atoms with E-state index in [-0.39, 0.29) is 17.5 Å². The highest BCUT2D eigenvalue weighted by Gasteiger charge is 2.32. The van der Waals surface area contributed by atoms with Crippen molar-refractivity contribution in [3.8, 4) is 0 Å². The van der Waals surface area contributed by atoms with E-state index >= 15 is 0 Å². The number of ether oxygens (including phenoxy) is 1. The van der Waals surface area contributed by atoms with Crippen molar-refractivity contribution in [2.24, 2.45) is 0 Å². The van der Waals surface area contributed by atoms with E-state index in [0.29, 0.717) is 30.9 Å². The molecule has 1 aliphatic heterocycles.